The van der Waals surface area contributed by atoms with Crippen LogP contribution in [0.4, 0.5) is 11.4 Å². The minimum absolute atomic E-state index is 0.446. The molecule has 0 aliphatic heterocycles. The normalized spacial score (nSPS) is 15.7. The molecule has 0 bridgehead atoms. The Kier molecular flexibility index (Phi) is 5.02. The standard InChI is InChI=1S/C18H20N2O4/c1-17(23,15(21)19-13-9-5-3-6-10-13)18(2,24)16(22)20-14-11-7-4-8-12-14/h3-12,23-24H,1-2H3,(H,19,21)(H,20,22)/t17-,18-/m1/s1. The summed E-state index contributed by atoms with van der Waals surface area (Å²) in [6, 6.07) is 16.9. The minimum atomic E-state index is -2.35. The summed E-state index contributed by atoms with van der Waals surface area (Å²) < 4.78 is 0. The van der Waals surface area contributed by atoms with Gasteiger partial charge in [0.05, 0.1) is 0 Å². The maximum Gasteiger partial charge on any atom is 0.259 e. The lowest BCUT2D eigenvalue weighted by Crippen LogP contribution is -2.63. The van der Waals surface area contributed by atoms with Gasteiger partial charge in [-0.15, -0.1) is 0 Å². The van der Waals surface area contributed by atoms with E-state index in [0.29, 0.717) is 11.4 Å². The Morgan fingerprint density at radius 1 is 0.708 bits per heavy atom. The molecule has 2 aromatic rings. The molecule has 0 saturated carbocycles. The first-order valence-corrected chi connectivity index (χ1v) is 7.43. The fourth-order valence-corrected chi connectivity index (χ4v) is 1.99. The number of carbonyl (C=O) groups excluding carboxylic acids is 2. The molecule has 2 atom stereocenters. The van der Waals surface area contributed by atoms with E-state index >= 15 is 0 Å². The van der Waals surface area contributed by atoms with Crippen LogP contribution in [-0.4, -0.2) is 33.2 Å². The SMILES string of the molecule is C[C@@](O)(C(=O)Nc1ccccc1)[C@](C)(O)C(=O)Nc1ccccc1. The van der Waals surface area contributed by atoms with Crippen LogP contribution in [0.5, 0.6) is 0 Å². The van der Waals surface area contributed by atoms with Gasteiger partial charge < -0.3 is 20.8 Å². The molecule has 126 valence electrons. The lowest BCUT2D eigenvalue weighted by atomic mass is 9.84. The lowest BCUT2D eigenvalue weighted by Gasteiger charge is -2.35. The van der Waals surface area contributed by atoms with Crippen molar-refractivity contribution >= 4 is 23.2 Å². The Labute approximate surface area is 140 Å². The van der Waals surface area contributed by atoms with Crippen LogP contribution in [0.15, 0.2) is 60.7 Å². The van der Waals surface area contributed by atoms with Crippen LogP contribution in [0, 0.1) is 0 Å². The van der Waals surface area contributed by atoms with Crippen LogP contribution in [0.3, 0.4) is 0 Å². The highest BCUT2D eigenvalue weighted by Gasteiger charge is 2.53. The van der Waals surface area contributed by atoms with Crippen LogP contribution < -0.4 is 10.6 Å². The van der Waals surface area contributed by atoms with Crippen LogP contribution >= 0.6 is 0 Å². The van der Waals surface area contributed by atoms with Crippen molar-refractivity contribution in [2.45, 2.75) is 25.0 Å². The molecule has 0 heterocycles. The topological polar surface area (TPSA) is 98.7 Å². The molecule has 0 aliphatic rings. The third-order valence-corrected chi connectivity index (χ3v) is 3.90. The summed E-state index contributed by atoms with van der Waals surface area (Å²) in [5.41, 5.74) is -3.80. The number of para-hydroxylation sites is 2. The summed E-state index contributed by atoms with van der Waals surface area (Å²) >= 11 is 0. The zero-order valence-corrected chi connectivity index (χ0v) is 13.5. The third kappa shape index (κ3) is 3.61. The number of aliphatic hydroxyl groups is 2. The van der Waals surface area contributed by atoms with Gasteiger partial charge in [0, 0.05) is 11.4 Å². The number of carbonyl (C=O) groups is 2. The van der Waals surface area contributed by atoms with E-state index in [9.17, 15) is 19.8 Å². The van der Waals surface area contributed by atoms with Gasteiger partial charge in [-0.1, -0.05) is 36.4 Å². The Hall–Kier alpha value is -2.70. The van der Waals surface area contributed by atoms with E-state index in [1.807, 2.05) is 0 Å². The van der Waals surface area contributed by atoms with Crippen molar-refractivity contribution < 1.29 is 19.8 Å². The second kappa shape index (κ2) is 6.82. The molecule has 2 rings (SSSR count). The first kappa shape index (κ1) is 17.7. The van der Waals surface area contributed by atoms with Gasteiger partial charge in [0.1, 0.15) is 0 Å². The fourth-order valence-electron chi connectivity index (χ4n) is 1.99. The summed E-state index contributed by atoms with van der Waals surface area (Å²) in [4.78, 5) is 24.7. The number of anilines is 2. The van der Waals surface area contributed by atoms with Gasteiger partial charge in [-0.05, 0) is 38.1 Å². The predicted octanol–water partition coefficient (Wildman–Crippen LogP) is 1.77. The Bertz CT molecular complexity index is 649. The van der Waals surface area contributed by atoms with E-state index in [-0.39, 0.29) is 0 Å². The smallest absolute Gasteiger partial charge is 0.259 e. The zero-order chi connectivity index (χ0) is 17.8. The van der Waals surface area contributed by atoms with E-state index in [0.717, 1.165) is 13.8 Å². The molecule has 0 radical (unpaired) electrons. The van der Waals surface area contributed by atoms with Crippen molar-refractivity contribution in [3.05, 3.63) is 60.7 Å². The summed E-state index contributed by atoms with van der Waals surface area (Å²) in [6.07, 6.45) is 0. The molecule has 6 heteroatoms. The average Bonchev–Trinajstić information content (AvgIpc) is 2.56. The van der Waals surface area contributed by atoms with Crippen LogP contribution in [0.2, 0.25) is 0 Å². The summed E-state index contributed by atoms with van der Waals surface area (Å²) in [6.45, 7) is 2.19. The maximum atomic E-state index is 12.3. The van der Waals surface area contributed by atoms with Crippen molar-refractivity contribution in [1.82, 2.24) is 0 Å². The second-order valence-electron chi connectivity index (χ2n) is 5.78. The molecule has 6 nitrogen and oxygen atoms in total. The summed E-state index contributed by atoms with van der Waals surface area (Å²) in [5.74, 6) is -1.77. The van der Waals surface area contributed by atoms with Crippen LogP contribution in [0.25, 0.3) is 0 Å². The van der Waals surface area contributed by atoms with Gasteiger partial charge in [-0.2, -0.15) is 0 Å². The third-order valence-electron chi connectivity index (χ3n) is 3.90. The molecule has 0 aliphatic carbocycles. The van der Waals surface area contributed by atoms with Gasteiger partial charge in [0.25, 0.3) is 11.8 Å². The maximum absolute atomic E-state index is 12.3. The molecule has 4 N–H and O–H groups in total. The van der Waals surface area contributed by atoms with Gasteiger partial charge >= 0.3 is 0 Å². The Balaban J connectivity index is 2.15. The van der Waals surface area contributed by atoms with Crippen molar-refractivity contribution in [3.63, 3.8) is 0 Å². The fraction of sp³-hybridized carbons (Fsp3) is 0.222. The molecule has 0 fully saturated rings. The molecule has 2 aromatic carbocycles. The van der Waals surface area contributed by atoms with E-state index in [1.54, 1.807) is 60.7 Å². The quantitative estimate of drug-likeness (QED) is 0.672. The molecule has 0 aromatic heterocycles. The number of nitrogens with one attached hydrogen (secondary N) is 2. The minimum Gasteiger partial charge on any atom is -0.377 e. The lowest BCUT2D eigenvalue weighted by molar-refractivity contribution is -0.171. The monoisotopic (exact) mass is 328 g/mol. The Morgan fingerprint density at radius 3 is 1.29 bits per heavy atom. The molecule has 24 heavy (non-hydrogen) atoms. The van der Waals surface area contributed by atoms with E-state index in [1.165, 1.54) is 0 Å². The molecule has 0 unspecified atom stereocenters. The number of hydrogen-bond donors (Lipinski definition) is 4. The molecule has 2 amide bonds. The van der Waals surface area contributed by atoms with Crippen LogP contribution in [-0.2, 0) is 9.59 Å². The largest absolute Gasteiger partial charge is 0.377 e. The Morgan fingerprint density at radius 2 is 1.00 bits per heavy atom. The highest BCUT2D eigenvalue weighted by atomic mass is 16.4. The molecular formula is C18H20N2O4. The van der Waals surface area contributed by atoms with Crippen molar-refractivity contribution in [1.29, 1.82) is 0 Å². The van der Waals surface area contributed by atoms with Crippen molar-refractivity contribution in [2.24, 2.45) is 0 Å². The zero-order valence-electron chi connectivity index (χ0n) is 13.5. The number of rotatable bonds is 5. The average molecular weight is 328 g/mol. The van der Waals surface area contributed by atoms with E-state index in [4.69, 9.17) is 0 Å². The van der Waals surface area contributed by atoms with Gasteiger partial charge in [-0.25, -0.2) is 0 Å². The van der Waals surface area contributed by atoms with Gasteiger partial charge in [-0.3, -0.25) is 9.59 Å². The van der Waals surface area contributed by atoms with Gasteiger partial charge in [0.2, 0.25) is 0 Å². The first-order valence-electron chi connectivity index (χ1n) is 7.43. The number of hydrogen-bond acceptors (Lipinski definition) is 4. The van der Waals surface area contributed by atoms with Crippen molar-refractivity contribution in [2.75, 3.05) is 10.6 Å². The van der Waals surface area contributed by atoms with E-state index < -0.39 is 23.0 Å². The highest BCUT2D eigenvalue weighted by Crippen LogP contribution is 2.26. The number of benzene rings is 2. The van der Waals surface area contributed by atoms with Gasteiger partial charge in [0.15, 0.2) is 11.2 Å². The molecule has 0 spiro atoms. The molecule has 0 saturated heterocycles. The number of amides is 2. The summed E-state index contributed by atoms with van der Waals surface area (Å²) in [5, 5.41) is 26.0. The molecular weight excluding hydrogens is 308 g/mol. The highest BCUT2D eigenvalue weighted by molar-refractivity contribution is 6.06. The predicted molar refractivity (Wildman–Crippen MR) is 91.4 cm³/mol. The van der Waals surface area contributed by atoms with E-state index in [2.05, 4.69) is 10.6 Å². The second-order valence-corrected chi connectivity index (χ2v) is 5.78. The van der Waals surface area contributed by atoms with Crippen molar-refractivity contribution in [3.8, 4) is 0 Å². The first-order chi connectivity index (χ1) is 11.2. The van der Waals surface area contributed by atoms with Crippen LogP contribution in [0.1, 0.15) is 13.8 Å². The summed E-state index contributed by atoms with van der Waals surface area (Å²) in [7, 11) is 0.